The molecule has 2 aliphatic heterocycles. The highest BCUT2D eigenvalue weighted by Gasteiger charge is 2.39. The minimum Gasteiger partial charge on any atom is -0.481 e. The van der Waals surface area contributed by atoms with Gasteiger partial charge in [-0.3, -0.25) is 9.59 Å². The summed E-state index contributed by atoms with van der Waals surface area (Å²) in [6.45, 7) is 3.95. The third kappa shape index (κ3) is 3.99. The van der Waals surface area contributed by atoms with Gasteiger partial charge in [-0.15, -0.1) is 0 Å². The standard InChI is InChI=1S/C18H24N2O6S/c1-13-16(18(22)23)3-2-8-20(13)27(24,25)15-6-4-14(5-7-15)17(21)19-9-11-26-12-10-19/h4-7,13,16H,2-3,8-12H2,1H3,(H,22,23)/t13-,16-/m1/s1. The van der Waals surface area contributed by atoms with Crippen molar-refractivity contribution in [1.82, 2.24) is 9.21 Å². The first kappa shape index (κ1) is 19.8. The molecule has 9 heteroatoms. The molecule has 2 heterocycles. The zero-order chi connectivity index (χ0) is 19.6. The van der Waals surface area contributed by atoms with Gasteiger partial charge in [-0.25, -0.2) is 8.42 Å². The average molecular weight is 396 g/mol. The number of nitrogens with zero attached hydrogens (tertiary/aromatic N) is 2. The van der Waals surface area contributed by atoms with Crippen molar-refractivity contribution in [3.05, 3.63) is 29.8 Å². The molecule has 1 aromatic carbocycles. The zero-order valence-corrected chi connectivity index (χ0v) is 16.0. The quantitative estimate of drug-likeness (QED) is 0.815. The van der Waals surface area contributed by atoms with Crippen LogP contribution in [0.3, 0.4) is 0 Å². The number of carboxylic acids is 1. The van der Waals surface area contributed by atoms with Crippen LogP contribution in [-0.4, -0.2) is 73.5 Å². The van der Waals surface area contributed by atoms with Crippen molar-refractivity contribution >= 4 is 21.9 Å². The number of benzene rings is 1. The second-order valence-corrected chi connectivity index (χ2v) is 8.76. The van der Waals surface area contributed by atoms with Crippen LogP contribution in [0.25, 0.3) is 0 Å². The Morgan fingerprint density at radius 1 is 1.11 bits per heavy atom. The van der Waals surface area contributed by atoms with E-state index in [0.717, 1.165) is 0 Å². The second kappa shape index (κ2) is 7.95. The average Bonchev–Trinajstić information content (AvgIpc) is 2.68. The Labute approximate surface area is 158 Å². The Bertz CT molecular complexity index is 802. The van der Waals surface area contributed by atoms with E-state index in [1.54, 1.807) is 11.8 Å². The lowest BCUT2D eigenvalue weighted by Crippen LogP contribution is -2.49. The predicted molar refractivity (Wildman–Crippen MR) is 96.9 cm³/mol. The van der Waals surface area contributed by atoms with Crippen molar-refractivity contribution in [2.75, 3.05) is 32.8 Å². The van der Waals surface area contributed by atoms with Crippen LogP contribution >= 0.6 is 0 Å². The number of hydrogen-bond acceptors (Lipinski definition) is 5. The number of ether oxygens (including phenoxy) is 1. The van der Waals surface area contributed by atoms with E-state index in [2.05, 4.69) is 0 Å². The third-order valence-electron chi connectivity index (χ3n) is 5.25. The van der Waals surface area contributed by atoms with Crippen LogP contribution in [0, 0.1) is 5.92 Å². The van der Waals surface area contributed by atoms with Crippen molar-refractivity contribution in [1.29, 1.82) is 0 Å². The smallest absolute Gasteiger partial charge is 0.308 e. The van der Waals surface area contributed by atoms with Gasteiger partial charge >= 0.3 is 5.97 Å². The molecule has 3 rings (SSSR count). The normalized spacial score (nSPS) is 24.6. The van der Waals surface area contributed by atoms with Crippen molar-refractivity contribution in [2.45, 2.75) is 30.7 Å². The van der Waals surface area contributed by atoms with Gasteiger partial charge in [0.25, 0.3) is 5.91 Å². The van der Waals surface area contributed by atoms with Gasteiger partial charge in [0.2, 0.25) is 10.0 Å². The van der Waals surface area contributed by atoms with E-state index in [0.29, 0.717) is 51.3 Å². The molecule has 0 saturated carbocycles. The first-order valence-electron chi connectivity index (χ1n) is 9.04. The largest absolute Gasteiger partial charge is 0.481 e. The van der Waals surface area contributed by atoms with Crippen LogP contribution in [0.5, 0.6) is 0 Å². The Morgan fingerprint density at radius 3 is 2.33 bits per heavy atom. The van der Waals surface area contributed by atoms with E-state index in [1.165, 1.54) is 28.6 Å². The maximum absolute atomic E-state index is 13.0. The number of morpholine rings is 1. The van der Waals surface area contributed by atoms with E-state index >= 15 is 0 Å². The SMILES string of the molecule is C[C@@H]1[C@H](C(=O)O)CCCN1S(=O)(=O)c1ccc(C(=O)N2CCOCC2)cc1. The lowest BCUT2D eigenvalue weighted by molar-refractivity contribution is -0.144. The Hall–Kier alpha value is -1.97. The Balaban J connectivity index is 1.79. The number of rotatable bonds is 4. The molecule has 0 bridgehead atoms. The number of hydrogen-bond donors (Lipinski definition) is 1. The summed E-state index contributed by atoms with van der Waals surface area (Å²) in [6, 6.07) is 5.23. The number of sulfonamides is 1. The molecule has 1 amide bonds. The lowest BCUT2D eigenvalue weighted by atomic mass is 9.92. The summed E-state index contributed by atoms with van der Waals surface area (Å²) < 4.78 is 32.4. The molecule has 0 radical (unpaired) electrons. The molecule has 2 saturated heterocycles. The molecule has 27 heavy (non-hydrogen) atoms. The molecule has 8 nitrogen and oxygen atoms in total. The van der Waals surface area contributed by atoms with Crippen molar-refractivity contribution in [3.8, 4) is 0 Å². The van der Waals surface area contributed by atoms with Crippen LogP contribution in [0.15, 0.2) is 29.2 Å². The highest BCUT2D eigenvalue weighted by molar-refractivity contribution is 7.89. The number of carbonyl (C=O) groups is 2. The van der Waals surface area contributed by atoms with Gasteiger partial charge < -0.3 is 14.7 Å². The number of piperidine rings is 1. The fourth-order valence-electron chi connectivity index (χ4n) is 3.64. The first-order valence-corrected chi connectivity index (χ1v) is 10.5. The first-order chi connectivity index (χ1) is 12.8. The van der Waals surface area contributed by atoms with Crippen LogP contribution < -0.4 is 0 Å². The fraction of sp³-hybridized carbons (Fsp3) is 0.556. The van der Waals surface area contributed by atoms with Gasteiger partial charge in [-0.1, -0.05) is 0 Å². The van der Waals surface area contributed by atoms with Gasteiger partial charge in [0.05, 0.1) is 24.0 Å². The van der Waals surface area contributed by atoms with Gasteiger partial charge in [0, 0.05) is 31.2 Å². The van der Waals surface area contributed by atoms with Crippen LogP contribution in [0.1, 0.15) is 30.1 Å². The van der Waals surface area contributed by atoms with E-state index < -0.39 is 28.0 Å². The molecular formula is C18H24N2O6S. The highest BCUT2D eigenvalue weighted by atomic mass is 32.2. The molecule has 2 atom stereocenters. The summed E-state index contributed by atoms with van der Waals surface area (Å²) in [6.07, 6.45) is 0.976. The molecule has 148 valence electrons. The van der Waals surface area contributed by atoms with Crippen LogP contribution in [-0.2, 0) is 19.6 Å². The maximum Gasteiger partial charge on any atom is 0.308 e. The second-order valence-electron chi connectivity index (χ2n) is 6.87. The van der Waals surface area contributed by atoms with Gasteiger partial charge in [0.15, 0.2) is 0 Å². The Morgan fingerprint density at radius 2 is 1.74 bits per heavy atom. The molecular weight excluding hydrogens is 372 g/mol. The van der Waals surface area contributed by atoms with Crippen molar-refractivity contribution in [2.24, 2.45) is 5.92 Å². The van der Waals surface area contributed by atoms with E-state index in [-0.39, 0.29) is 10.8 Å². The Kier molecular flexibility index (Phi) is 5.83. The topological polar surface area (TPSA) is 104 Å². The molecule has 0 aromatic heterocycles. The van der Waals surface area contributed by atoms with Gasteiger partial charge in [-0.2, -0.15) is 4.31 Å². The fourth-order valence-corrected chi connectivity index (χ4v) is 5.34. The van der Waals surface area contributed by atoms with E-state index in [4.69, 9.17) is 4.74 Å². The predicted octanol–water partition coefficient (Wildman–Crippen LogP) is 1.03. The molecule has 2 fully saturated rings. The summed E-state index contributed by atoms with van der Waals surface area (Å²) in [4.78, 5) is 25.6. The minimum absolute atomic E-state index is 0.0684. The zero-order valence-electron chi connectivity index (χ0n) is 15.2. The number of amides is 1. The number of carboxylic acid groups (broad SMARTS) is 1. The summed E-state index contributed by atoms with van der Waals surface area (Å²) in [5.74, 6) is -1.84. The molecule has 0 spiro atoms. The van der Waals surface area contributed by atoms with Crippen molar-refractivity contribution in [3.63, 3.8) is 0 Å². The van der Waals surface area contributed by atoms with Crippen LogP contribution in [0.4, 0.5) is 0 Å². The summed E-state index contributed by atoms with van der Waals surface area (Å²) >= 11 is 0. The summed E-state index contributed by atoms with van der Waals surface area (Å²) in [5, 5.41) is 9.31. The monoisotopic (exact) mass is 396 g/mol. The van der Waals surface area contributed by atoms with Crippen LogP contribution in [0.2, 0.25) is 0 Å². The summed E-state index contributed by atoms with van der Waals surface area (Å²) in [7, 11) is -3.82. The summed E-state index contributed by atoms with van der Waals surface area (Å²) in [5.41, 5.74) is 0.422. The third-order valence-corrected chi connectivity index (χ3v) is 7.25. The molecule has 0 aliphatic carbocycles. The van der Waals surface area contributed by atoms with E-state index in [1.807, 2.05) is 0 Å². The van der Waals surface area contributed by atoms with Crippen molar-refractivity contribution < 1.29 is 27.9 Å². The highest BCUT2D eigenvalue weighted by Crippen LogP contribution is 2.29. The lowest BCUT2D eigenvalue weighted by Gasteiger charge is -2.36. The van der Waals surface area contributed by atoms with E-state index in [9.17, 15) is 23.1 Å². The van der Waals surface area contributed by atoms with Gasteiger partial charge in [-0.05, 0) is 44.0 Å². The molecule has 0 unspecified atom stereocenters. The molecule has 2 aliphatic rings. The maximum atomic E-state index is 13.0. The number of carbonyl (C=O) groups excluding carboxylic acids is 1. The minimum atomic E-state index is -3.82. The number of aliphatic carboxylic acids is 1. The molecule has 1 aromatic rings. The molecule has 1 N–H and O–H groups in total. The van der Waals surface area contributed by atoms with Gasteiger partial charge in [0.1, 0.15) is 0 Å².